The monoisotopic (exact) mass is 278 g/mol. The van der Waals surface area contributed by atoms with Crippen molar-refractivity contribution < 1.29 is 23.4 Å². The molecule has 2 fully saturated rings. The summed E-state index contributed by atoms with van der Waals surface area (Å²) in [4.78, 5) is 12.2. The van der Waals surface area contributed by atoms with Crippen LogP contribution in [0.4, 0.5) is 8.78 Å². The molecule has 0 spiro atoms. The van der Waals surface area contributed by atoms with Gasteiger partial charge in [0.15, 0.2) is 0 Å². The van der Waals surface area contributed by atoms with Crippen LogP contribution in [0.25, 0.3) is 0 Å². The van der Waals surface area contributed by atoms with Gasteiger partial charge in [-0.2, -0.15) is 0 Å². The van der Waals surface area contributed by atoms with Gasteiger partial charge in [-0.15, -0.1) is 0 Å². The van der Waals surface area contributed by atoms with Crippen molar-refractivity contribution in [1.82, 2.24) is 5.32 Å². The first-order chi connectivity index (χ1) is 8.67. The molecule has 2 aliphatic rings. The lowest BCUT2D eigenvalue weighted by Gasteiger charge is -2.60. The molecule has 0 bridgehead atoms. The fourth-order valence-corrected chi connectivity index (χ4v) is 3.26. The van der Waals surface area contributed by atoms with Gasteiger partial charge in [0.2, 0.25) is 5.91 Å². The SMILES string of the molecule is CC1(C)C2OCCC2C1(N)C(=O)NCC(F)(F)CO. The van der Waals surface area contributed by atoms with Gasteiger partial charge >= 0.3 is 0 Å². The number of nitrogens with one attached hydrogen (secondary N) is 1. The van der Waals surface area contributed by atoms with Gasteiger partial charge in [0.05, 0.1) is 12.6 Å². The number of halogens is 2. The maximum absolute atomic E-state index is 13.0. The van der Waals surface area contributed by atoms with Crippen LogP contribution in [0.5, 0.6) is 0 Å². The van der Waals surface area contributed by atoms with Crippen LogP contribution in [0.15, 0.2) is 0 Å². The Morgan fingerprint density at radius 2 is 2.21 bits per heavy atom. The molecule has 3 unspecified atom stereocenters. The first-order valence-electron chi connectivity index (χ1n) is 6.34. The van der Waals surface area contributed by atoms with Gasteiger partial charge in [-0.3, -0.25) is 4.79 Å². The van der Waals surface area contributed by atoms with Gasteiger partial charge < -0.3 is 20.9 Å². The van der Waals surface area contributed by atoms with Crippen molar-refractivity contribution >= 4 is 5.91 Å². The Bertz CT molecular complexity index is 389. The van der Waals surface area contributed by atoms with Gasteiger partial charge in [-0.1, -0.05) is 13.8 Å². The normalized spacial score (nSPS) is 36.5. The van der Waals surface area contributed by atoms with Crippen LogP contribution in [-0.2, 0) is 9.53 Å². The van der Waals surface area contributed by atoms with E-state index in [0.29, 0.717) is 13.0 Å². The molecule has 110 valence electrons. The fourth-order valence-electron chi connectivity index (χ4n) is 3.26. The van der Waals surface area contributed by atoms with Crippen molar-refractivity contribution in [3.63, 3.8) is 0 Å². The Labute approximate surface area is 110 Å². The van der Waals surface area contributed by atoms with Gasteiger partial charge in [0.1, 0.15) is 12.1 Å². The summed E-state index contributed by atoms with van der Waals surface area (Å²) in [7, 11) is 0. The van der Waals surface area contributed by atoms with Crippen LogP contribution in [0, 0.1) is 11.3 Å². The van der Waals surface area contributed by atoms with E-state index >= 15 is 0 Å². The lowest BCUT2D eigenvalue weighted by molar-refractivity contribution is -0.176. The molecule has 1 heterocycles. The Morgan fingerprint density at radius 1 is 1.58 bits per heavy atom. The molecule has 2 rings (SSSR count). The maximum Gasteiger partial charge on any atom is 0.287 e. The standard InChI is InChI=1S/C12H20F2N2O3/c1-10(2)8-7(3-4-19-8)12(10,15)9(18)16-5-11(13,14)6-17/h7-8,17H,3-6,15H2,1-2H3,(H,16,18). The van der Waals surface area contributed by atoms with Crippen LogP contribution < -0.4 is 11.1 Å². The van der Waals surface area contributed by atoms with E-state index in [9.17, 15) is 13.6 Å². The summed E-state index contributed by atoms with van der Waals surface area (Å²) in [5.41, 5.74) is 4.40. The number of aliphatic hydroxyl groups is 1. The van der Waals surface area contributed by atoms with Crippen LogP contribution >= 0.6 is 0 Å². The molecule has 0 aromatic carbocycles. The molecule has 3 atom stereocenters. The lowest BCUT2D eigenvalue weighted by Crippen LogP contribution is -2.80. The summed E-state index contributed by atoms with van der Waals surface area (Å²) in [6, 6.07) is 0. The number of fused-ring (bicyclic) bond motifs is 1. The minimum atomic E-state index is -3.33. The minimum Gasteiger partial charge on any atom is -0.390 e. The highest BCUT2D eigenvalue weighted by atomic mass is 19.3. The molecular weight excluding hydrogens is 258 g/mol. The van der Waals surface area contributed by atoms with Crippen molar-refractivity contribution in [2.75, 3.05) is 19.8 Å². The first kappa shape index (κ1) is 14.6. The number of carbonyl (C=O) groups is 1. The molecular formula is C12H20F2N2O3. The van der Waals surface area contributed by atoms with Gasteiger partial charge in [0.25, 0.3) is 5.92 Å². The van der Waals surface area contributed by atoms with E-state index in [-0.39, 0.29) is 12.0 Å². The number of aliphatic hydroxyl groups excluding tert-OH is 1. The maximum atomic E-state index is 13.0. The summed E-state index contributed by atoms with van der Waals surface area (Å²) in [5.74, 6) is -4.06. The number of hydrogen-bond acceptors (Lipinski definition) is 4. The molecule has 0 aromatic heterocycles. The second-order valence-electron chi connectivity index (χ2n) is 5.97. The van der Waals surface area contributed by atoms with Crippen LogP contribution in [0.3, 0.4) is 0 Å². The third-order valence-electron chi connectivity index (χ3n) is 4.57. The molecule has 1 saturated carbocycles. The molecule has 0 radical (unpaired) electrons. The Balaban J connectivity index is 2.06. The molecule has 1 aliphatic heterocycles. The van der Waals surface area contributed by atoms with Gasteiger partial charge in [-0.05, 0) is 6.42 Å². The zero-order valence-electron chi connectivity index (χ0n) is 11.1. The molecule has 1 aliphatic carbocycles. The summed E-state index contributed by atoms with van der Waals surface area (Å²) in [6.07, 6.45) is 0.565. The summed E-state index contributed by atoms with van der Waals surface area (Å²) >= 11 is 0. The van der Waals surface area contributed by atoms with Crippen molar-refractivity contribution in [3.8, 4) is 0 Å². The highest BCUT2D eigenvalue weighted by Gasteiger charge is 2.71. The molecule has 0 aromatic rings. The topological polar surface area (TPSA) is 84.6 Å². The van der Waals surface area contributed by atoms with E-state index in [2.05, 4.69) is 5.32 Å². The third-order valence-corrected chi connectivity index (χ3v) is 4.57. The van der Waals surface area contributed by atoms with Crippen molar-refractivity contribution in [2.45, 2.75) is 37.8 Å². The fraction of sp³-hybridized carbons (Fsp3) is 0.917. The Hall–Kier alpha value is -0.790. The van der Waals surface area contributed by atoms with E-state index in [1.54, 1.807) is 0 Å². The lowest BCUT2D eigenvalue weighted by atomic mass is 9.48. The first-order valence-corrected chi connectivity index (χ1v) is 6.34. The molecule has 1 saturated heterocycles. The number of nitrogens with two attached hydrogens (primary N) is 1. The van der Waals surface area contributed by atoms with Gasteiger partial charge in [-0.25, -0.2) is 8.78 Å². The predicted octanol–water partition coefficient (Wildman–Crippen LogP) is -0.127. The van der Waals surface area contributed by atoms with Crippen LogP contribution in [0.2, 0.25) is 0 Å². The number of amides is 1. The summed E-state index contributed by atoms with van der Waals surface area (Å²) in [5, 5.41) is 10.6. The van der Waals surface area contributed by atoms with Crippen LogP contribution in [-0.4, -0.2) is 48.3 Å². The van der Waals surface area contributed by atoms with Crippen molar-refractivity contribution in [3.05, 3.63) is 0 Å². The highest BCUT2D eigenvalue weighted by molar-refractivity contribution is 5.89. The number of ether oxygens (including phenoxy) is 1. The van der Waals surface area contributed by atoms with E-state index < -0.39 is 35.9 Å². The van der Waals surface area contributed by atoms with Crippen molar-refractivity contribution in [1.29, 1.82) is 0 Å². The van der Waals surface area contributed by atoms with E-state index in [1.807, 2.05) is 13.8 Å². The summed E-state index contributed by atoms with van der Waals surface area (Å²) < 4.78 is 31.4. The van der Waals surface area contributed by atoms with Crippen LogP contribution in [0.1, 0.15) is 20.3 Å². The predicted molar refractivity (Wildman–Crippen MR) is 63.6 cm³/mol. The third kappa shape index (κ3) is 1.95. The Kier molecular flexibility index (Phi) is 3.35. The average Bonchev–Trinajstić information content (AvgIpc) is 2.83. The van der Waals surface area contributed by atoms with Gasteiger partial charge in [0, 0.05) is 17.9 Å². The average molecular weight is 278 g/mol. The molecule has 1 amide bonds. The number of rotatable bonds is 4. The smallest absolute Gasteiger partial charge is 0.287 e. The zero-order chi connectivity index (χ0) is 14.5. The van der Waals surface area contributed by atoms with E-state index in [4.69, 9.17) is 15.6 Å². The quantitative estimate of drug-likeness (QED) is 0.669. The summed E-state index contributed by atoms with van der Waals surface area (Å²) in [6.45, 7) is 1.95. The highest BCUT2D eigenvalue weighted by Crippen LogP contribution is 2.58. The van der Waals surface area contributed by atoms with Crippen molar-refractivity contribution in [2.24, 2.45) is 17.1 Å². The van der Waals surface area contributed by atoms with E-state index in [0.717, 1.165) is 0 Å². The Morgan fingerprint density at radius 3 is 2.79 bits per heavy atom. The number of carbonyl (C=O) groups excluding carboxylic acids is 1. The molecule has 4 N–H and O–H groups in total. The second-order valence-corrected chi connectivity index (χ2v) is 5.97. The number of alkyl halides is 2. The minimum absolute atomic E-state index is 0.0957. The molecule has 7 heteroatoms. The number of hydrogen-bond donors (Lipinski definition) is 3. The second kappa shape index (κ2) is 4.36. The van der Waals surface area contributed by atoms with E-state index in [1.165, 1.54) is 0 Å². The zero-order valence-corrected chi connectivity index (χ0v) is 11.1. The molecule has 5 nitrogen and oxygen atoms in total. The largest absolute Gasteiger partial charge is 0.390 e. The molecule has 19 heavy (non-hydrogen) atoms.